The summed E-state index contributed by atoms with van der Waals surface area (Å²) in [7, 11) is 0. The summed E-state index contributed by atoms with van der Waals surface area (Å²) in [4.78, 5) is 12.4. The van der Waals surface area contributed by atoms with Crippen LogP contribution in [0.1, 0.15) is 37.3 Å². The van der Waals surface area contributed by atoms with Crippen molar-refractivity contribution in [3.05, 3.63) is 59.4 Å². The van der Waals surface area contributed by atoms with E-state index in [1.54, 1.807) is 12.1 Å². The number of halogens is 1. The average Bonchev–Trinajstić information content (AvgIpc) is 2.70. The van der Waals surface area contributed by atoms with Crippen molar-refractivity contribution in [3.8, 4) is 11.5 Å². The first-order valence-electron chi connectivity index (χ1n) is 9.60. The van der Waals surface area contributed by atoms with Gasteiger partial charge in [-0.2, -0.15) is 0 Å². The Morgan fingerprint density at radius 3 is 2.52 bits per heavy atom. The molecule has 2 aromatic rings. The smallest absolute Gasteiger partial charge is 0.261 e. The van der Waals surface area contributed by atoms with Crippen molar-refractivity contribution in [1.82, 2.24) is 5.32 Å². The Morgan fingerprint density at radius 1 is 1.07 bits per heavy atom. The lowest BCUT2D eigenvalue weighted by Gasteiger charge is -2.20. The molecule has 0 heterocycles. The van der Waals surface area contributed by atoms with Gasteiger partial charge in [-0.15, -0.1) is 0 Å². The number of hydrogen-bond donors (Lipinski definition) is 1. The van der Waals surface area contributed by atoms with Crippen LogP contribution in [0.2, 0.25) is 0 Å². The summed E-state index contributed by atoms with van der Waals surface area (Å²) in [5.74, 6) is 0.863. The molecular weight excluding hydrogens is 345 g/mol. The monoisotopic (exact) mass is 371 g/mol. The van der Waals surface area contributed by atoms with Gasteiger partial charge in [0.05, 0.1) is 6.54 Å². The lowest BCUT2D eigenvalue weighted by atomic mass is 9.92. The van der Waals surface area contributed by atoms with Gasteiger partial charge >= 0.3 is 0 Å². The molecule has 1 aliphatic carbocycles. The van der Waals surface area contributed by atoms with Crippen molar-refractivity contribution in [2.24, 2.45) is 0 Å². The Kier molecular flexibility index (Phi) is 6.69. The Labute approximate surface area is 159 Å². The highest BCUT2D eigenvalue weighted by Crippen LogP contribution is 2.26. The number of fused-ring (bicyclic) bond motifs is 1. The highest BCUT2D eigenvalue weighted by molar-refractivity contribution is 5.81. The molecule has 0 aromatic heterocycles. The molecule has 4 nitrogen and oxygen atoms in total. The number of carbonyl (C=O) groups excluding carboxylic acids is 1. The van der Waals surface area contributed by atoms with Gasteiger partial charge in [-0.3, -0.25) is 4.79 Å². The van der Waals surface area contributed by atoms with E-state index in [0.717, 1.165) is 18.6 Å². The summed E-state index contributed by atoms with van der Waals surface area (Å²) in [5.41, 5.74) is 2.73. The number of hydrogen-bond acceptors (Lipinski definition) is 3. The highest BCUT2D eigenvalue weighted by Gasteiger charge is 2.19. The minimum absolute atomic E-state index is 0.155. The van der Waals surface area contributed by atoms with E-state index in [1.807, 2.05) is 13.0 Å². The van der Waals surface area contributed by atoms with Gasteiger partial charge in [-0.05, 0) is 79.6 Å². The molecule has 0 unspecified atom stereocenters. The van der Waals surface area contributed by atoms with Crippen LogP contribution in [0.15, 0.2) is 42.5 Å². The molecule has 0 fully saturated rings. The Morgan fingerprint density at radius 2 is 1.78 bits per heavy atom. The molecule has 27 heavy (non-hydrogen) atoms. The van der Waals surface area contributed by atoms with Crippen LogP contribution in [0.3, 0.4) is 0 Å². The molecular formula is C22H26FNO3. The maximum atomic E-state index is 12.9. The van der Waals surface area contributed by atoms with E-state index in [2.05, 4.69) is 17.4 Å². The summed E-state index contributed by atoms with van der Waals surface area (Å²) in [6, 6.07) is 11.9. The number of benzene rings is 2. The normalized spacial score (nSPS) is 14.1. The van der Waals surface area contributed by atoms with E-state index in [4.69, 9.17) is 9.47 Å². The van der Waals surface area contributed by atoms with Gasteiger partial charge in [0.15, 0.2) is 6.10 Å². The third-order valence-corrected chi connectivity index (χ3v) is 4.75. The number of amides is 1. The van der Waals surface area contributed by atoms with Gasteiger partial charge in [-0.1, -0.05) is 13.0 Å². The first-order valence-corrected chi connectivity index (χ1v) is 9.60. The van der Waals surface area contributed by atoms with Crippen LogP contribution < -0.4 is 14.8 Å². The number of ether oxygens (including phenoxy) is 2. The summed E-state index contributed by atoms with van der Waals surface area (Å²) in [5, 5.41) is 2.83. The van der Waals surface area contributed by atoms with Crippen LogP contribution in [-0.4, -0.2) is 25.2 Å². The van der Waals surface area contributed by atoms with Crippen LogP contribution in [0.25, 0.3) is 0 Å². The van der Waals surface area contributed by atoms with Crippen molar-refractivity contribution in [2.75, 3.05) is 13.2 Å². The zero-order chi connectivity index (χ0) is 19.1. The molecule has 0 saturated carbocycles. The van der Waals surface area contributed by atoms with Gasteiger partial charge in [0.2, 0.25) is 0 Å². The fraction of sp³-hybridized carbons (Fsp3) is 0.409. The van der Waals surface area contributed by atoms with E-state index in [1.165, 1.54) is 36.1 Å². The van der Waals surface area contributed by atoms with Gasteiger partial charge < -0.3 is 14.8 Å². The quantitative estimate of drug-likeness (QED) is 0.712. The van der Waals surface area contributed by atoms with Gasteiger partial charge in [0.25, 0.3) is 5.91 Å². The Hall–Kier alpha value is -2.56. The zero-order valence-corrected chi connectivity index (χ0v) is 15.7. The van der Waals surface area contributed by atoms with Gasteiger partial charge in [0.1, 0.15) is 23.9 Å². The molecule has 0 saturated heterocycles. The first kappa shape index (κ1) is 19.2. The summed E-state index contributed by atoms with van der Waals surface area (Å²) < 4.78 is 24.3. The molecule has 0 radical (unpaired) electrons. The molecule has 1 aliphatic rings. The first-order chi connectivity index (χ1) is 13.2. The molecule has 1 amide bonds. The maximum Gasteiger partial charge on any atom is 0.261 e. The van der Waals surface area contributed by atoms with Crippen LogP contribution in [-0.2, 0) is 17.6 Å². The summed E-state index contributed by atoms with van der Waals surface area (Å²) in [6.07, 6.45) is 4.71. The Balaban J connectivity index is 1.46. The second kappa shape index (κ2) is 9.40. The van der Waals surface area contributed by atoms with Crippen LogP contribution in [0.5, 0.6) is 11.5 Å². The van der Waals surface area contributed by atoms with Crippen molar-refractivity contribution < 1.29 is 18.7 Å². The molecule has 3 rings (SSSR count). The molecule has 2 aromatic carbocycles. The zero-order valence-electron chi connectivity index (χ0n) is 15.7. The van der Waals surface area contributed by atoms with E-state index in [-0.39, 0.29) is 11.7 Å². The third-order valence-electron chi connectivity index (χ3n) is 4.75. The predicted molar refractivity (Wildman–Crippen MR) is 103 cm³/mol. The predicted octanol–water partition coefficient (Wildman–Crippen LogP) is 4.06. The lowest BCUT2D eigenvalue weighted by molar-refractivity contribution is -0.128. The maximum absolute atomic E-state index is 12.9. The largest absolute Gasteiger partial charge is 0.492 e. The van der Waals surface area contributed by atoms with E-state index < -0.39 is 6.10 Å². The van der Waals surface area contributed by atoms with Crippen molar-refractivity contribution >= 4 is 5.91 Å². The number of nitrogens with one attached hydrogen (secondary N) is 1. The van der Waals surface area contributed by atoms with Crippen molar-refractivity contribution in [3.63, 3.8) is 0 Å². The Bertz CT molecular complexity index is 761. The summed E-state index contributed by atoms with van der Waals surface area (Å²) in [6.45, 7) is 2.60. The molecule has 1 atom stereocenters. The number of rotatable bonds is 8. The van der Waals surface area contributed by atoms with Gasteiger partial charge in [0, 0.05) is 0 Å². The van der Waals surface area contributed by atoms with E-state index in [9.17, 15) is 9.18 Å². The van der Waals surface area contributed by atoms with Crippen LogP contribution in [0.4, 0.5) is 4.39 Å². The number of aryl methyl sites for hydroxylation is 2. The molecule has 1 N–H and O–H groups in total. The topological polar surface area (TPSA) is 47.6 Å². The molecule has 0 bridgehead atoms. The minimum atomic E-state index is -0.530. The average molecular weight is 371 g/mol. The SMILES string of the molecule is CC[C@@H](Oc1ccc2c(c1)CCCC2)C(=O)NCCOc1ccc(F)cc1. The fourth-order valence-electron chi connectivity index (χ4n) is 3.26. The second-order valence-corrected chi connectivity index (χ2v) is 6.75. The molecule has 5 heteroatoms. The molecule has 0 aliphatic heterocycles. The fourth-order valence-corrected chi connectivity index (χ4v) is 3.26. The summed E-state index contributed by atoms with van der Waals surface area (Å²) >= 11 is 0. The van der Waals surface area contributed by atoms with E-state index >= 15 is 0 Å². The lowest BCUT2D eigenvalue weighted by Crippen LogP contribution is -2.39. The van der Waals surface area contributed by atoms with Crippen LogP contribution >= 0.6 is 0 Å². The van der Waals surface area contributed by atoms with Gasteiger partial charge in [-0.25, -0.2) is 4.39 Å². The van der Waals surface area contributed by atoms with Crippen molar-refractivity contribution in [2.45, 2.75) is 45.1 Å². The van der Waals surface area contributed by atoms with Crippen molar-refractivity contribution in [1.29, 1.82) is 0 Å². The van der Waals surface area contributed by atoms with Crippen LogP contribution in [0, 0.1) is 5.82 Å². The van der Waals surface area contributed by atoms with E-state index in [0.29, 0.717) is 25.3 Å². The molecule has 144 valence electrons. The highest BCUT2D eigenvalue weighted by atomic mass is 19.1. The number of carbonyl (C=O) groups is 1. The standard InChI is InChI=1S/C22H26FNO3/c1-2-21(27-20-10-7-16-5-3-4-6-17(16)15-20)22(25)24-13-14-26-19-11-8-18(23)9-12-19/h7-12,15,21H,2-6,13-14H2,1H3,(H,24,25)/t21-/m1/s1. The second-order valence-electron chi connectivity index (χ2n) is 6.75. The third kappa shape index (κ3) is 5.46. The minimum Gasteiger partial charge on any atom is -0.492 e. The molecule has 0 spiro atoms.